The number of hydrogen-bond acceptors (Lipinski definition) is 2. The number of fused-ring (bicyclic) bond motifs is 1. The van der Waals surface area contributed by atoms with Gasteiger partial charge in [-0.2, -0.15) is 0 Å². The Morgan fingerprint density at radius 1 is 1.36 bits per heavy atom. The smallest absolute Gasteiger partial charge is 0.155 e. The van der Waals surface area contributed by atoms with Crippen LogP contribution in [0.25, 0.3) is 0 Å². The first-order valence-electron chi connectivity index (χ1n) is 5.28. The fraction of sp³-hybridized carbons (Fsp3) is 0.667. The maximum absolute atomic E-state index is 11.4. The van der Waals surface area contributed by atoms with Crippen molar-refractivity contribution >= 4 is 11.6 Å². The summed E-state index contributed by atoms with van der Waals surface area (Å²) in [5.41, 5.74) is 1.18. The first kappa shape index (κ1) is 9.63. The van der Waals surface area contributed by atoms with Gasteiger partial charge in [0.05, 0.1) is 0 Å². The van der Waals surface area contributed by atoms with Crippen LogP contribution >= 0.6 is 0 Å². The molecule has 0 amide bonds. The lowest BCUT2D eigenvalue weighted by Crippen LogP contribution is -2.38. The van der Waals surface area contributed by atoms with Gasteiger partial charge in [-0.25, -0.2) is 0 Å². The fourth-order valence-electron chi connectivity index (χ4n) is 2.68. The molecule has 2 aliphatic rings. The van der Waals surface area contributed by atoms with Crippen molar-refractivity contribution in [2.24, 2.45) is 11.3 Å². The summed E-state index contributed by atoms with van der Waals surface area (Å²) < 4.78 is 0. The predicted molar refractivity (Wildman–Crippen MR) is 53.8 cm³/mol. The summed E-state index contributed by atoms with van der Waals surface area (Å²) in [6, 6.07) is 0. The van der Waals surface area contributed by atoms with Crippen molar-refractivity contribution in [3.05, 3.63) is 11.6 Å². The quantitative estimate of drug-likeness (QED) is 0.590. The molecule has 0 heterocycles. The SMILES string of the molecule is C[C@@H]1CC(=O)C=C2CCC(=O)C[C@]21C. The Bertz CT molecular complexity index is 327. The van der Waals surface area contributed by atoms with Crippen LogP contribution in [0.5, 0.6) is 0 Å². The van der Waals surface area contributed by atoms with Crippen LogP contribution in [-0.2, 0) is 9.59 Å². The van der Waals surface area contributed by atoms with Crippen molar-refractivity contribution in [3.8, 4) is 0 Å². The van der Waals surface area contributed by atoms with Crippen molar-refractivity contribution < 1.29 is 9.59 Å². The van der Waals surface area contributed by atoms with Gasteiger partial charge in [0.1, 0.15) is 5.78 Å². The lowest BCUT2D eigenvalue weighted by Gasteiger charge is -2.43. The van der Waals surface area contributed by atoms with Crippen LogP contribution < -0.4 is 0 Å². The maximum Gasteiger partial charge on any atom is 0.155 e. The van der Waals surface area contributed by atoms with Gasteiger partial charge in [-0.05, 0) is 23.8 Å². The van der Waals surface area contributed by atoms with Gasteiger partial charge < -0.3 is 0 Å². The molecule has 0 N–H and O–H groups in total. The average Bonchev–Trinajstić information content (AvgIpc) is 2.08. The molecule has 2 heteroatoms. The number of ketones is 2. The largest absolute Gasteiger partial charge is 0.300 e. The highest BCUT2D eigenvalue weighted by molar-refractivity contribution is 5.93. The van der Waals surface area contributed by atoms with Crippen LogP contribution in [0.2, 0.25) is 0 Å². The molecular weight excluding hydrogens is 176 g/mol. The molecule has 0 aromatic carbocycles. The molecule has 0 aliphatic heterocycles. The third-order valence-corrected chi connectivity index (χ3v) is 3.90. The zero-order chi connectivity index (χ0) is 10.3. The second-order valence-electron chi connectivity index (χ2n) is 4.87. The Kier molecular flexibility index (Phi) is 2.09. The van der Waals surface area contributed by atoms with E-state index in [2.05, 4.69) is 13.8 Å². The molecule has 1 fully saturated rings. The van der Waals surface area contributed by atoms with Crippen LogP contribution in [0.15, 0.2) is 11.6 Å². The Labute approximate surface area is 84.4 Å². The second kappa shape index (κ2) is 3.04. The van der Waals surface area contributed by atoms with Gasteiger partial charge in [0, 0.05) is 19.3 Å². The zero-order valence-corrected chi connectivity index (χ0v) is 8.80. The molecule has 1 saturated carbocycles. The second-order valence-corrected chi connectivity index (χ2v) is 4.87. The van der Waals surface area contributed by atoms with Crippen molar-refractivity contribution in [3.63, 3.8) is 0 Å². The molecule has 0 spiro atoms. The molecule has 76 valence electrons. The van der Waals surface area contributed by atoms with E-state index < -0.39 is 0 Å². The lowest BCUT2D eigenvalue weighted by molar-refractivity contribution is -0.125. The molecule has 0 aromatic rings. The third kappa shape index (κ3) is 1.33. The Morgan fingerprint density at radius 2 is 2.07 bits per heavy atom. The van der Waals surface area contributed by atoms with Gasteiger partial charge in [-0.15, -0.1) is 0 Å². The topological polar surface area (TPSA) is 34.1 Å². The van der Waals surface area contributed by atoms with E-state index in [9.17, 15) is 9.59 Å². The molecule has 0 radical (unpaired) electrons. The van der Waals surface area contributed by atoms with Crippen molar-refractivity contribution in [2.45, 2.75) is 39.5 Å². The summed E-state index contributed by atoms with van der Waals surface area (Å²) in [6.07, 6.45) is 4.44. The van der Waals surface area contributed by atoms with Crippen molar-refractivity contribution in [1.82, 2.24) is 0 Å². The first-order valence-corrected chi connectivity index (χ1v) is 5.28. The monoisotopic (exact) mass is 192 g/mol. The minimum atomic E-state index is -0.0246. The molecule has 2 nitrogen and oxygen atoms in total. The summed E-state index contributed by atoms with van der Waals surface area (Å²) in [5.74, 6) is 0.907. The number of carbonyl (C=O) groups excluding carboxylic acids is 2. The molecule has 0 bridgehead atoms. The Hall–Kier alpha value is -0.920. The minimum Gasteiger partial charge on any atom is -0.300 e. The fourth-order valence-corrected chi connectivity index (χ4v) is 2.68. The molecule has 2 atom stereocenters. The van der Waals surface area contributed by atoms with Crippen molar-refractivity contribution in [2.75, 3.05) is 0 Å². The van der Waals surface area contributed by atoms with Crippen LogP contribution in [-0.4, -0.2) is 11.6 Å². The van der Waals surface area contributed by atoms with E-state index in [-0.39, 0.29) is 11.2 Å². The van der Waals surface area contributed by atoms with Gasteiger partial charge in [-0.1, -0.05) is 19.4 Å². The highest BCUT2D eigenvalue weighted by atomic mass is 16.1. The minimum absolute atomic E-state index is 0.0246. The van der Waals surface area contributed by atoms with E-state index in [1.165, 1.54) is 5.57 Å². The van der Waals surface area contributed by atoms with Gasteiger partial charge in [0.2, 0.25) is 0 Å². The van der Waals surface area contributed by atoms with Crippen LogP contribution in [0, 0.1) is 11.3 Å². The lowest BCUT2D eigenvalue weighted by atomic mass is 9.60. The molecule has 0 aromatic heterocycles. The molecule has 2 aliphatic carbocycles. The summed E-state index contributed by atoms with van der Waals surface area (Å²) >= 11 is 0. The normalized spacial score (nSPS) is 37.9. The Balaban J connectivity index is 2.38. The molecule has 0 saturated heterocycles. The number of carbonyl (C=O) groups is 2. The van der Waals surface area contributed by atoms with Crippen LogP contribution in [0.1, 0.15) is 39.5 Å². The van der Waals surface area contributed by atoms with E-state index >= 15 is 0 Å². The highest BCUT2D eigenvalue weighted by Gasteiger charge is 2.42. The average molecular weight is 192 g/mol. The highest BCUT2D eigenvalue weighted by Crippen LogP contribution is 2.48. The van der Waals surface area contributed by atoms with E-state index in [0.29, 0.717) is 31.0 Å². The molecule has 2 rings (SSSR count). The molecular formula is C12H16O2. The Morgan fingerprint density at radius 3 is 2.79 bits per heavy atom. The van der Waals surface area contributed by atoms with Crippen LogP contribution in [0.4, 0.5) is 0 Å². The third-order valence-electron chi connectivity index (χ3n) is 3.90. The van der Waals surface area contributed by atoms with E-state index in [0.717, 1.165) is 6.42 Å². The van der Waals surface area contributed by atoms with Crippen LogP contribution in [0.3, 0.4) is 0 Å². The standard InChI is InChI=1S/C12H16O2/c1-8-5-11(14)6-9-3-4-10(13)7-12(8,9)2/h6,8H,3-5,7H2,1-2H3/t8-,12+/m1/s1. The molecule has 14 heavy (non-hydrogen) atoms. The number of Topliss-reactive ketones (excluding diaryl/α,β-unsaturated/α-hetero) is 1. The van der Waals surface area contributed by atoms with E-state index in [1.807, 2.05) is 0 Å². The predicted octanol–water partition coefficient (Wildman–Crippen LogP) is 2.28. The number of allylic oxidation sites excluding steroid dienone is 2. The van der Waals surface area contributed by atoms with Gasteiger partial charge >= 0.3 is 0 Å². The van der Waals surface area contributed by atoms with Gasteiger partial charge in [0.15, 0.2) is 5.78 Å². The zero-order valence-electron chi connectivity index (χ0n) is 8.80. The number of hydrogen-bond donors (Lipinski definition) is 0. The van der Waals surface area contributed by atoms with Crippen molar-refractivity contribution in [1.29, 1.82) is 0 Å². The maximum atomic E-state index is 11.4. The van der Waals surface area contributed by atoms with E-state index in [1.54, 1.807) is 6.08 Å². The summed E-state index contributed by atoms with van der Waals surface area (Å²) in [4.78, 5) is 22.8. The van der Waals surface area contributed by atoms with Gasteiger partial charge in [0.25, 0.3) is 0 Å². The summed E-state index contributed by atoms with van der Waals surface area (Å²) in [5, 5.41) is 0. The summed E-state index contributed by atoms with van der Waals surface area (Å²) in [6.45, 7) is 4.22. The van der Waals surface area contributed by atoms with Gasteiger partial charge in [-0.3, -0.25) is 9.59 Å². The first-order chi connectivity index (χ1) is 6.52. The summed E-state index contributed by atoms with van der Waals surface area (Å²) in [7, 11) is 0. The number of rotatable bonds is 0. The van der Waals surface area contributed by atoms with E-state index in [4.69, 9.17) is 0 Å². The molecule has 0 unspecified atom stereocenters.